The summed E-state index contributed by atoms with van der Waals surface area (Å²) in [6.07, 6.45) is 19.0. The molecule has 0 aromatic rings. The summed E-state index contributed by atoms with van der Waals surface area (Å²) >= 11 is 0. The lowest BCUT2D eigenvalue weighted by Gasteiger charge is -2.37. The lowest BCUT2D eigenvalue weighted by molar-refractivity contribution is -0.190. The van der Waals surface area contributed by atoms with Crippen LogP contribution in [-0.2, 0) is 19.1 Å². The summed E-state index contributed by atoms with van der Waals surface area (Å²) in [5, 5.41) is 3.12. The lowest BCUT2D eigenvalue weighted by atomic mass is 9.86. The van der Waals surface area contributed by atoms with Gasteiger partial charge in [-0.05, 0) is 38.6 Å². The first-order chi connectivity index (χ1) is 16.4. The highest BCUT2D eigenvalue weighted by Gasteiger charge is 2.43. The molecule has 1 heterocycles. The van der Waals surface area contributed by atoms with Crippen LogP contribution in [0.15, 0.2) is 0 Å². The maximum atomic E-state index is 12.9. The Labute approximate surface area is 210 Å². The summed E-state index contributed by atoms with van der Waals surface area (Å²) in [6, 6.07) is -0.278. The molecular formula is C29H55NO4. The van der Waals surface area contributed by atoms with Crippen LogP contribution in [0.3, 0.4) is 0 Å². The molecule has 5 heteroatoms. The number of hydrogen-bond donors (Lipinski definition) is 1. The summed E-state index contributed by atoms with van der Waals surface area (Å²) in [7, 11) is 1.82. The molecule has 1 fully saturated rings. The van der Waals surface area contributed by atoms with E-state index in [0.717, 1.165) is 32.1 Å². The van der Waals surface area contributed by atoms with E-state index in [2.05, 4.69) is 33.0 Å². The first-order valence-corrected chi connectivity index (χ1v) is 14.5. The number of ether oxygens (including phenoxy) is 2. The molecule has 0 bridgehead atoms. The van der Waals surface area contributed by atoms with E-state index >= 15 is 0 Å². The molecule has 0 unspecified atom stereocenters. The topological polar surface area (TPSA) is 64.6 Å². The van der Waals surface area contributed by atoms with Crippen LogP contribution in [-0.4, -0.2) is 37.2 Å². The number of nitrogens with one attached hydrogen (secondary N) is 1. The second kappa shape index (κ2) is 19.1. The standard InChI is InChI=1S/C29H55NO4/c1-6-8-10-12-13-14-15-16-17-19-24(33-29(32)26(30-5)21-23(3)4)22-27-25(28(31)34-27)20-18-11-9-7-2/h23-27,30H,6-22H2,1-5H3/t24-,25-,26-,27-/m0/s1. The molecule has 1 N–H and O–H groups in total. The molecular weight excluding hydrogens is 426 g/mol. The van der Waals surface area contributed by atoms with Gasteiger partial charge in [-0.15, -0.1) is 0 Å². The molecule has 34 heavy (non-hydrogen) atoms. The summed E-state index contributed by atoms with van der Waals surface area (Å²) in [5.74, 6) is 0.169. The van der Waals surface area contributed by atoms with Crippen molar-refractivity contribution in [1.29, 1.82) is 0 Å². The summed E-state index contributed by atoms with van der Waals surface area (Å²) in [6.45, 7) is 8.69. The third-order valence-electron chi connectivity index (χ3n) is 7.14. The highest BCUT2D eigenvalue weighted by molar-refractivity contribution is 5.78. The van der Waals surface area contributed by atoms with E-state index in [1.807, 2.05) is 7.05 Å². The highest BCUT2D eigenvalue weighted by atomic mass is 16.6. The van der Waals surface area contributed by atoms with Crippen molar-refractivity contribution in [2.45, 2.75) is 155 Å². The molecule has 5 nitrogen and oxygen atoms in total. The maximum Gasteiger partial charge on any atom is 0.323 e. The quantitative estimate of drug-likeness (QED) is 0.129. The van der Waals surface area contributed by atoms with Gasteiger partial charge in [0, 0.05) is 6.42 Å². The molecule has 1 aliphatic heterocycles. The van der Waals surface area contributed by atoms with E-state index in [0.29, 0.717) is 12.3 Å². The minimum Gasteiger partial charge on any atom is -0.461 e. The Kier molecular flexibility index (Phi) is 17.4. The molecule has 0 aliphatic carbocycles. The fraction of sp³-hybridized carbons (Fsp3) is 0.931. The lowest BCUT2D eigenvalue weighted by Crippen LogP contribution is -2.48. The van der Waals surface area contributed by atoms with E-state index in [1.165, 1.54) is 70.6 Å². The zero-order valence-electron chi connectivity index (χ0n) is 23.0. The summed E-state index contributed by atoms with van der Waals surface area (Å²) in [5.41, 5.74) is 0. The van der Waals surface area contributed by atoms with Gasteiger partial charge in [0.15, 0.2) is 0 Å². The minimum absolute atomic E-state index is 0.0167. The Hall–Kier alpha value is -1.10. The van der Waals surface area contributed by atoms with Crippen LogP contribution < -0.4 is 5.32 Å². The van der Waals surface area contributed by atoms with Gasteiger partial charge in [0.25, 0.3) is 0 Å². The second-order valence-electron chi connectivity index (χ2n) is 10.8. The number of unbranched alkanes of at least 4 members (excludes halogenated alkanes) is 11. The zero-order valence-corrected chi connectivity index (χ0v) is 23.0. The number of esters is 2. The van der Waals surface area contributed by atoms with Crippen molar-refractivity contribution in [3.63, 3.8) is 0 Å². The van der Waals surface area contributed by atoms with Crippen LogP contribution in [0.25, 0.3) is 0 Å². The Morgan fingerprint density at radius 2 is 1.47 bits per heavy atom. The Balaban J connectivity index is 2.53. The van der Waals surface area contributed by atoms with Crippen molar-refractivity contribution in [3.8, 4) is 0 Å². The SMILES string of the molecule is CCCCCCCCCCC[C@@H](C[C@@H]1OC(=O)[C@H]1CCCCCC)OC(=O)[C@H](CC(C)C)NC. The van der Waals surface area contributed by atoms with Crippen LogP contribution in [0, 0.1) is 11.8 Å². The van der Waals surface area contributed by atoms with Gasteiger partial charge in [0.05, 0.1) is 5.92 Å². The molecule has 200 valence electrons. The van der Waals surface area contributed by atoms with E-state index in [-0.39, 0.29) is 36.1 Å². The number of hydrogen-bond acceptors (Lipinski definition) is 5. The van der Waals surface area contributed by atoms with Crippen molar-refractivity contribution in [2.75, 3.05) is 7.05 Å². The smallest absolute Gasteiger partial charge is 0.323 e. The van der Waals surface area contributed by atoms with Gasteiger partial charge in [0.2, 0.25) is 0 Å². The molecule has 4 atom stereocenters. The molecule has 0 aromatic heterocycles. The molecule has 1 aliphatic rings. The normalized spacial score (nSPS) is 19.5. The minimum atomic E-state index is -0.278. The number of carbonyl (C=O) groups excluding carboxylic acids is 2. The average molecular weight is 482 g/mol. The maximum absolute atomic E-state index is 12.9. The van der Waals surface area contributed by atoms with Gasteiger partial charge >= 0.3 is 11.9 Å². The average Bonchev–Trinajstić information content (AvgIpc) is 2.80. The molecule has 0 spiro atoms. The number of cyclic esters (lactones) is 1. The van der Waals surface area contributed by atoms with Crippen molar-refractivity contribution in [3.05, 3.63) is 0 Å². The largest absolute Gasteiger partial charge is 0.461 e. The van der Waals surface area contributed by atoms with Crippen LogP contribution in [0.4, 0.5) is 0 Å². The second-order valence-corrected chi connectivity index (χ2v) is 10.8. The molecule has 0 aromatic carbocycles. The van der Waals surface area contributed by atoms with Gasteiger partial charge in [-0.2, -0.15) is 0 Å². The van der Waals surface area contributed by atoms with E-state index in [1.54, 1.807) is 0 Å². The molecule has 0 amide bonds. The number of carbonyl (C=O) groups is 2. The van der Waals surface area contributed by atoms with Crippen molar-refractivity contribution >= 4 is 11.9 Å². The van der Waals surface area contributed by atoms with Gasteiger partial charge in [-0.1, -0.05) is 105 Å². The van der Waals surface area contributed by atoms with Gasteiger partial charge < -0.3 is 14.8 Å². The molecule has 0 radical (unpaired) electrons. The molecule has 1 saturated heterocycles. The van der Waals surface area contributed by atoms with Crippen LogP contribution in [0.1, 0.15) is 137 Å². The van der Waals surface area contributed by atoms with Gasteiger partial charge in [-0.25, -0.2) is 0 Å². The number of likely N-dealkylation sites (N-methyl/N-ethyl adjacent to an activating group) is 1. The first-order valence-electron chi connectivity index (χ1n) is 14.5. The third-order valence-corrected chi connectivity index (χ3v) is 7.14. The van der Waals surface area contributed by atoms with Gasteiger partial charge in [0.1, 0.15) is 18.2 Å². The van der Waals surface area contributed by atoms with Crippen molar-refractivity contribution in [2.24, 2.45) is 11.8 Å². The van der Waals surface area contributed by atoms with Crippen molar-refractivity contribution < 1.29 is 19.1 Å². The predicted molar refractivity (Wildman–Crippen MR) is 141 cm³/mol. The monoisotopic (exact) mass is 481 g/mol. The van der Waals surface area contributed by atoms with E-state index < -0.39 is 0 Å². The first kappa shape index (κ1) is 30.9. The molecule has 1 rings (SSSR count). The summed E-state index contributed by atoms with van der Waals surface area (Å²) < 4.78 is 11.5. The number of rotatable bonds is 22. The predicted octanol–water partition coefficient (Wildman–Crippen LogP) is 7.36. The van der Waals surface area contributed by atoms with Crippen LogP contribution >= 0.6 is 0 Å². The Morgan fingerprint density at radius 1 is 0.912 bits per heavy atom. The van der Waals surface area contributed by atoms with Crippen LogP contribution in [0.5, 0.6) is 0 Å². The third kappa shape index (κ3) is 13.1. The van der Waals surface area contributed by atoms with E-state index in [9.17, 15) is 9.59 Å². The Bertz CT molecular complexity index is 536. The highest BCUT2D eigenvalue weighted by Crippen LogP contribution is 2.32. The fourth-order valence-corrected chi connectivity index (χ4v) is 4.92. The zero-order chi connectivity index (χ0) is 25.2. The fourth-order valence-electron chi connectivity index (χ4n) is 4.92. The van der Waals surface area contributed by atoms with Crippen LogP contribution in [0.2, 0.25) is 0 Å². The molecule has 0 saturated carbocycles. The van der Waals surface area contributed by atoms with Crippen molar-refractivity contribution in [1.82, 2.24) is 5.32 Å². The van der Waals surface area contributed by atoms with Gasteiger partial charge in [-0.3, -0.25) is 9.59 Å². The summed E-state index contributed by atoms with van der Waals surface area (Å²) in [4.78, 5) is 24.9. The Morgan fingerprint density at radius 3 is 2.00 bits per heavy atom. The van der Waals surface area contributed by atoms with E-state index in [4.69, 9.17) is 9.47 Å².